The van der Waals surface area contributed by atoms with E-state index in [0.717, 1.165) is 46.2 Å². The monoisotopic (exact) mass is 722 g/mol. The molecule has 9 rings (SSSR count). The normalized spacial score (nSPS) is 14.4. The summed E-state index contributed by atoms with van der Waals surface area (Å²) in [4.78, 5) is 14.9. The molecule has 56 heavy (non-hydrogen) atoms. The number of aromatic nitrogens is 3. The van der Waals surface area contributed by atoms with E-state index in [-0.39, 0.29) is 5.41 Å². The Labute approximate surface area is 329 Å². The topological polar surface area (TPSA) is 62.5 Å². The number of nitriles is 1. The number of nitrogens with zero attached hydrogens (tertiary/aromatic N) is 4. The second-order valence-corrected chi connectivity index (χ2v) is 15.0. The average Bonchev–Trinajstić information content (AvgIpc) is 3.53. The van der Waals surface area contributed by atoms with Crippen molar-refractivity contribution in [2.75, 3.05) is 0 Å². The Kier molecular flexibility index (Phi) is 9.29. The minimum absolute atomic E-state index is 0.0295. The Bertz CT molecular complexity index is 2670. The van der Waals surface area contributed by atoms with Crippen LogP contribution in [0.3, 0.4) is 0 Å². The minimum atomic E-state index is 0.0295. The highest BCUT2D eigenvalue weighted by Gasteiger charge is 2.44. The van der Waals surface area contributed by atoms with Gasteiger partial charge in [0.15, 0.2) is 17.5 Å². The van der Waals surface area contributed by atoms with Gasteiger partial charge in [-0.1, -0.05) is 159 Å². The summed E-state index contributed by atoms with van der Waals surface area (Å²) >= 11 is 0. The van der Waals surface area contributed by atoms with Gasteiger partial charge in [-0.05, 0) is 106 Å². The smallest absolute Gasteiger partial charge is 0.164 e. The number of hydrogen-bond acceptors (Lipinski definition) is 4. The molecule has 0 saturated heterocycles. The van der Waals surface area contributed by atoms with Crippen molar-refractivity contribution >= 4 is 5.57 Å². The lowest BCUT2D eigenvalue weighted by Gasteiger charge is -2.36. The zero-order valence-electron chi connectivity index (χ0n) is 31.8. The number of fused-ring (bicyclic) bond motifs is 5. The Morgan fingerprint density at radius 2 is 1.18 bits per heavy atom. The first-order valence-electron chi connectivity index (χ1n) is 19.7. The second-order valence-electron chi connectivity index (χ2n) is 15.0. The van der Waals surface area contributed by atoms with Gasteiger partial charge in [0.05, 0.1) is 11.6 Å². The van der Waals surface area contributed by atoms with E-state index in [2.05, 4.69) is 133 Å². The van der Waals surface area contributed by atoms with Crippen molar-refractivity contribution in [3.63, 3.8) is 0 Å². The van der Waals surface area contributed by atoms with Crippen molar-refractivity contribution < 1.29 is 0 Å². The van der Waals surface area contributed by atoms with Gasteiger partial charge in [0, 0.05) is 16.5 Å². The third-order valence-corrected chi connectivity index (χ3v) is 11.6. The summed E-state index contributed by atoms with van der Waals surface area (Å²) in [5, 5.41) is 9.87. The molecule has 2 aliphatic carbocycles. The fourth-order valence-corrected chi connectivity index (χ4v) is 8.80. The molecule has 0 amide bonds. The van der Waals surface area contributed by atoms with Crippen LogP contribution in [0.2, 0.25) is 0 Å². The lowest BCUT2D eigenvalue weighted by molar-refractivity contribution is 0.353. The molecule has 0 unspecified atom stereocenters. The first-order chi connectivity index (χ1) is 27.5. The molecular weight excluding hydrogens is 681 g/mol. The molecule has 0 atom stereocenters. The molecule has 7 aromatic rings. The zero-order chi connectivity index (χ0) is 38.1. The predicted octanol–water partition coefficient (Wildman–Crippen LogP) is 13.3. The average molecular weight is 723 g/mol. The summed E-state index contributed by atoms with van der Waals surface area (Å²) in [7, 11) is 0. The van der Waals surface area contributed by atoms with Crippen molar-refractivity contribution in [2.24, 2.45) is 0 Å². The minimum Gasteiger partial charge on any atom is -0.209 e. The molecule has 1 aromatic heterocycles. The molecule has 1 spiro atoms. The first kappa shape index (κ1) is 35.0. The summed E-state index contributed by atoms with van der Waals surface area (Å²) in [5.41, 5.74) is 15.9. The number of rotatable bonds is 7. The summed E-state index contributed by atoms with van der Waals surface area (Å²) in [6, 6.07) is 51.8. The molecule has 0 aliphatic heterocycles. The molecule has 0 N–H and O–H groups in total. The molecule has 4 heteroatoms. The van der Waals surface area contributed by atoms with E-state index in [0.29, 0.717) is 23.0 Å². The fourth-order valence-electron chi connectivity index (χ4n) is 8.80. The van der Waals surface area contributed by atoms with Crippen LogP contribution in [-0.4, -0.2) is 15.0 Å². The largest absolute Gasteiger partial charge is 0.209 e. The number of hydrogen-bond donors (Lipinski definition) is 0. The van der Waals surface area contributed by atoms with Gasteiger partial charge in [-0.2, -0.15) is 5.26 Å². The molecule has 1 saturated carbocycles. The van der Waals surface area contributed by atoms with Crippen molar-refractivity contribution in [3.05, 3.63) is 180 Å². The fraction of sp³-hybridized carbons (Fsp3) is 0.154. The molecule has 0 bridgehead atoms. The lowest BCUT2D eigenvalue weighted by atomic mass is 9.67. The van der Waals surface area contributed by atoms with Crippen LogP contribution in [0.4, 0.5) is 0 Å². The Morgan fingerprint density at radius 1 is 0.571 bits per heavy atom. The summed E-state index contributed by atoms with van der Waals surface area (Å²) in [6.45, 7) is 4.04. The van der Waals surface area contributed by atoms with E-state index in [1.807, 2.05) is 44.2 Å². The van der Waals surface area contributed by atoms with E-state index in [1.54, 1.807) is 0 Å². The van der Waals surface area contributed by atoms with Crippen molar-refractivity contribution in [3.8, 4) is 73.4 Å². The maximum Gasteiger partial charge on any atom is 0.164 e. The van der Waals surface area contributed by atoms with Gasteiger partial charge in [0.2, 0.25) is 0 Å². The van der Waals surface area contributed by atoms with Gasteiger partial charge in [0.1, 0.15) is 0 Å². The lowest BCUT2D eigenvalue weighted by Crippen LogP contribution is -2.28. The summed E-state index contributed by atoms with van der Waals surface area (Å²) in [5.74, 6) is 1.93. The third-order valence-electron chi connectivity index (χ3n) is 11.6. The molecule has 2 aliphatic rings. The quantitative estimate of drug-likeness (QED) is 0.154. The van der Waals surface area contributed by atoms with Gasteiger partial charge in [-0.25, -0.2) is 15.0 Å². The van der Waals surface area contributed by atoms with E-state index in [9.17, 15) is 5.26 Å². The standard InChI is InChI=1S/C52H42N4/c1-3-4-13-35(2)49-54-50(40-25-21-38(22-26-40)37-14-7-5-8-15-37)56-51(55-49)41-27-23-39(24-28-41)42-16-11-17-43(33-42)44-18-12-19-47-48(44)45-32-36(34-53)20-29-46(45)52(47)30-9-6-10-31-52/h3-5,7-8,11-29,32-33H,6,9-10,30-31H2,1-2H3/b4-3-,35-13+. The third kappa shape index (κ3) is 6.36. The van der Waals surface area contributed by atoms with E-state index >= 15 is 0 Å². The highest BCUT2D eigenvalue weighted by molar-refractivity contribution is 5.94. The highest BCUT2D eigenvalue weighted by Crippen LogP contribution is 2.58. The number of benzene rings is 6. The van der Waals surface area contributed by atoms with E-state index < -0.39 is 0 Å². The first-order valence-corrected chi connectivity index (χ1v) is 19.7. The zero-order valence-corrected chi connectivity index (χ0v) is 31.8. The maximum atomic E-state index is 9.87. The molecule has 1 fully saturated rings. The van der Waals surface area contributed by atoms with Gasteiger partial charge < -0.3 is 0 Å². The van der Waals surface area contributed by atoms with Crippen molar-refractivity contribution in [2.45, 2.75) is 51.4 Å². The van der Waals surface area contributed by atoms with E-state index in [4.69, 9.17) is 15.0 Å². The predicted molar refractivity (Wildman–Crippen MR) is 229 cm³/mol. The van der Waals surface area contributed by atoms with Crippen LogP contribution in [0.1, 0.15) is 68.5 Å². The van der Waals surface area contributed by atoms with Gasteiger partial charge in [0.25, 0.3) is 0 Å². The van der Waals surface area contributed by atoms with Gasteiger partial charge >= 0.3 is 0 Å². The van der Waals surface area contributed by atoms with Gasteiger partial charge in [-0.3, -0.25) is 0 Å². The maximum absolute atomic E-state index is 9.87. The summed E-state index contributed by atoms with van der Waals surface area (Å²) < 4.78 is 0. The van der Waals surface area contributed by atoms with Crippen LogP contribution in [-0.2, 0) is 5.41 Å². The van der Waals surface area contributed by atoms with Crippen LogP contribution in [0, 0.1) is 11.3 Å². The Balaban J connectivity index is 1.07. The second kappa shape index (κ2) is 14.9. The molecular formula is C52H42N4. The van der Waals surface area contributed by atoms with Crippen molar-refractivity contribution in [1.82, 2.24) is 15.0 Å². The molecule has 270 valence electrons. The molecule has 1 heterocycles. The van der Waals surface area contributed by atoms with Crippen LogP contribution < -0.4 is 0 Å². The number of allylic oxidation sites excluding steroid dienone is 4. The highest BCUT2D eigenvalue weighted by atomic mass is 15.0. The van der Waals surface area contributed by atoms with Crippen LogP contribution in [0.25, 0.3) is 72.9 Å². The molecule has 4 nitrogen and oxygen atoms in total. The molecule has 0 radical (unpaired) electrons. The SMILES string of the molecule is C/C=C\C=C(/C)c1nc(-c2ccc(-c3ccccc3)cc2)nc(-c2ccc(-c3cccc(-c4cccc5c4-c4cc(C#N)ccc4C54CCCCC4)c3)cc2)n1. The Morgan fingerprint density at radius 3 is 1.86 bits per heavy atom. The molecule has 6 aromatic carbocycles. The Hall–Kier alpha value is -6.70. The van der Waals surface area contributed by atoms with Crippen LogP contribution in [0.5, 0.6) is 0 Å². The van der Waals surface area contributed by atoms with Gasteiger partial charge in [-0.15, -0.1) is 0 Å². The summed E-state index contributed by atoms with van der Waals surface area (Å²) in [6.07, 6.45) is 12.1. The van der Waals surface area contributed by atoms with Crippen LogP contribution >= 0.6 is 0 Å². The van der Waals surface area contributed by atoms with E-state index in [1.165, 1.54) is 58.2 Å². The van der Waals surface area contributed by atoms with Crippen LogP contribution in [0.15, 0.2) is 158 Å². The van der Waals surface area contributed by atoms with Crippen molar-refractivity contribution in [1.29, 1.82) is 5.26 Å².